The predicted molar refractivity (Wildman–Crippen MR) is 60.4 cm³/mol. The second-order valence-electron chi connectivity index (χ2n) is 4.29. The van der Waals surface area contributed by atoms with Gasteiger partial charge >= 0.3 is 0 Å². The lowest BCUT2D eigenvalue weighted by Gasteiger charge is -2.30. The van der Waals surface area contributed by atoms with Gasteiger partial charge in [0.05, 0.1) is 6.10 Å². The monoisotopic (exact) mass is 224 g/mol. The van der Waals surface area contributed by atoms with Crippen molar-refractivity contribution in [1.29, 1.82) is 0 Å². The summed E-state index contributed by atoms with van der Waals surface area (Å²) in [6.45, 7) is 2.50. The molecule has 1 aliphatic heterocycles. The van der Waals surface area contributed by atoms with Crippen molar-refractivity contribution in [2.45, 2.75) is 19.1 Å². The Bertz CT molecular complexity index is 370. The van der Waals surface area contributed by atoms with E-state index >= 15 is 0 Å². The van der Waals surface area contributed by atoms with E-state index in [1.165, 1.54) is 6.07 Å². The molecule has 0 unspecified atom stereocenters. The van der Waals surface area contributed by atoms with Gasteiger partial charge in [-0.1, -0.05) is 6.07 Å². The number of nitrogens with zero attached hydrogens (tertiary/aromatic N) is 1. The Morgan fingerprint density at radius 3 is 3.00 bits per heavy atom. The van der Waals surface area contributed by atoms with Crippen LogP contribution in [0.25, 0.3) is 0 Å². The van der Waals surface area contributed by atoms with Gasteiger partial charge in [0.15, 0.2) is 0 Å². The lowest BCUT2D eigenvalue weighted by molar-refractivity contribution is 0.111. The van der Waals surface area contributed by atoms with Gasteiger partial charge in [-0.2, -0.15) is 0 Å². The Kier molecular flexibility index (Phi) is 3.53. The third-order valence-corrected chi connectivity index (χ3v) is 3.00. The van der Waals surface area contributed by atoms with E-state index in [4.69, 9.17) is 5.73 Å². The average molecular weight is 224 g/mol. The standard InChI is InChI=1S/C12H17FN2O/c13-11-2-1-10-7-15(8-12(16)6-14)4-3-9(10)5-11/h1-2,5,12,16H,3-4,6-8,14H2/t12-/m0/s1. The summed E-state index contributed by atoms with van der Waals surface area (Å²) < 4.78 is 13.0. The summed E-state index contributed by atoms with van der Waals surface area (Å²) >= 11 is 0. The molecule has 0 bridgehead atoms. The fourth-order valence-corrected chi connectivity index (χ4v) is 2.11. The third kappa shape index (κ3) is 2.58. The minimum Gasteiger partial charge on any atom is -0.390 e. The fourth-order valence-electron chi connectivity index (χ4n) is 2.11. The minimum atomic E-state index is -0.470. The summed E-state index contributed by atoms with van der Waals surface area (Å²) in [6.07, 6.45) is 0.367. The molecule has 4 heteroatoms. The van der Waals surface area contributed by atoms with Crippen LogP contribution in [0.4, 0.5) is 4.39 Å². The van der Waals surface area contributed by atoms with Crippen LogP contribution < -0.4 is 5.73 Å². The van der Waals surface area contributed by atoms with Crippen LogP contribution in [0.1, 0.15) is 11.1 Å². The van der Waals surface area contributed by atoms with Crippen molar-refractivity contribution in [3.8, 4) is 0 Å². The first-order chi connectivity index (χ1) is 7.69. The Balaban J connectivity index is 2.03. The lowest BCUT2D eigenvalue weighted by Crippen LogP contribution is -2.39. The van der Waals surface area contributed by atoms with Gasteiger partial charge in [0.2, 0.25) is 0 Å². The van der Waals surface area contributed by atoms with Crippen LogP contribution in [0.2, 0.25) is 0 Å². The van der Waals surface area contributed by atoms with Crippen molar-refractivity contribution < 1.29 is 9.50 Å². The molecule has 1 aliphatic rings. The summed E-state index contributed by atoms with van der Waals surface area (Å²) in [5.41, 5.74) is 7.61. The second kappa shape index (κ2) is 4.91. The number of β-amino-alcohol motifs (C(OH)–C–C–N with tert-alkyl or cyclic N) is 1. The Labute approximate surface area is 94.7 Å². The summed E-state index contributed by atoms with van der Waals surface area (Å²) in [7, 11) is 0. The van der Waals surface area contributed by atoms with Gasteiger partial charge in [0, 0.05) is 26.2 Å². The smallest absolute Gasteiger partial charge is 0.123 e. The Morgan fingerprint density at radius 2 is 2.25 bits per heavy atom. The number of aliphatic hydroxyl groups excluding tert-OH is 1. The highest BCUT2D eigenvalue weighted by Gasteiger charge is 2.18. The molecule has 0 saturated carbocycles. The number of hydrogen-bond donors (Lipinski definition) is 2. The molecular formula is C12H17FN2O. The Hall–Kier alpha value is -0.970. The van der Waals surface area contributed by atoms with Gasteiger partial charge in [-0.05, 0) is 29.7 Å². The first-order valence-electron chi connectivity index (χ1n) is 5.57. The highest BCUT2D eigenvalue weighted by atomic mass is 19.1. The van der Waals surface area contributed by atoms with Crippen molar-refractivity contribution in [1.82, 2.24) is 4.90 Å². The molecule has 0 radical (unpaired) electrons. The molecule has 0 spiro atoms. The van der Waals surface area contributed by atoms with Crippen LogP contribution in [-0.4, -0.2) is 35.7 Å². The maximum atomic E-state index is 13.0. The first-order valence-corrected chi connectivity index (χ1v) is 5.57. The fraction of sp³-hybridized carbons (Fsp3) is 0.500. The van der Waals surface area contributed by atoms with Crippen LogP contribution in [0.5, 0.6) is 0 Å². The van der Waals surface area contributed by atoms with Crippen LogP contribution in [0.3, 0.4) is 0 Å². The normalized spacial score (nSPS) is 18.2. The van der Waals surface area contributed by atoms with Crippen LogP contribution >= 0.6 is 0 Å². The SMILES string of the molecule is NC[C@H](O)CN1CCc2cc(F)ccc2C1. The number of aliphatic hydroxyl groups is 1. The molecule has 88 valence electrons. The molecule has 1 heterocycles. The minimum absolute atomic E-state index is 0.172. The van der Waals surface area contributed by atoms with E-state index in [-0.39, 0.29) is 12.4 Å². The third-order valence-electron chi connectivity index (χ3n) is 3.00. The summed E-state index contributed by atoms with van der Waals surface area (Å²) in [5.74, 6) is -0.172. The zero-order chi connectivity index (χ0) is 11.5. The van der Waals surface area contributed by atoms with E-state index in [9.17, 15) is 9.50 Å². The van der Waals surface area contributed by atoms with Crippen LogP contribution in [-0.2, 0) is 13.0 Å². The maximum absolute atomic E-state index is 13.0. The predicted octanol–water partition coefficient (Wildman–Crippen LogP) is 0.503. The molecule has 1 atom stereocenters. The van der Waals surface area contributed by atoms with Gasteiger partial charge in [-0.3, -0.25) is 4.90 Å². The molecule has 16 heavy (non-hydrogen) atoms. The number of halogens is 1. The zero-order valence-electron chi connectivity index (χ0n) is 9.19. The zero-order valence-corrected chi connectivity index (χ0v) is 9.19. The van der Waals surface area contributed by atoms with E-state index in [0.717, 1.165) is 30.6 Å². The highest BCUT2D eigenvalue weighted by Crippen LogP contribution is 2.19. The van der Waals surface area contributed by atoms with Gasteiger partial charge in [-0.25, -0.2) is 4.39 Å². The van der Waals surface area contributed by atoms with E-state index in [2.05, 4.69) is 4.90 Å². The largest absolute Gasteiger partial charge is 0.390 e. The summed E-state index contributed by atoms with van der Waals surface area (Å²) in [4.78, 5) is 2.15. The van der Waals surface area contributed by atoms with E-state index in [1.54, 1.807) is 6.07 Å². The quantitative estimate of drug-likeness (QED) is 0.786. The molecule has 0 aromatic heterocycles. The summed E-state index contributed by atoms with van der Waals surface area (Å²) in [5, 5.41) is 9.48. The second-order valence-corrected chi connectivity index (χ2v) is 4.29. The molecular weight excluding hydrogens is 207 g/mol. The van der Waals surface area contributed by atoms with Crippen molar-refractivity contribution in [2.24, 2.45) is 5.73 Å². The van der Waals surface area contributed by atoms with Crippen LogP contribution in [0, 0.1) is 5.82 Å². The maximum Gasteiger partial charge on any atom is 0.123 e. The molecule has 2 rings (SSSR count). The number of hydrogen-bond acceptors (Lipinski definition) is 3. The van der Waals surface area contributed by atoms with Gasteiger partial charge in [0.1, 0.15) is 5.82 Å². The number of fused-ring (bicyclic) bond motifs is 1. The number of nitrogens with two attached hydrogens (primary N) is 1. The van der Waals surface area contributed by atoms with Crippen LogP contribution in [0.15, 0.2) is 18.2 Å². The topological polar surface area (TPSA) is 49.5 Å². The highest BCUT2D eigenvalue weighted by molar-refractivity contribution is 5.29. The van der Waals surface area contributed by atoms with Gasteiger partial charge in [-0.15, -0.1) is 0 Å². The molecule has 3 N–H and O–H groups in total. The molecule has 1 aromatic rings. The van der Waals surface area contributed by atoms with Crippen molar-refractivity contribution >= 4 is 0 Å². The van der Waals surface area contributed by atoms with Crippen molar-refractivity contribution in [2.75, 3.05) is 19.6 Å². The van der Waals surface area contributed by atoms with Crippen molar-refractivity contribution in [3.05, 3.63) is 35.1 Å². The Morgan fingerprint density at radius 1 is 1.44 bits per heavy atom. The number of benzene rings is 1. The first kappa shape index (κ1) is 11.5. The van der Waals surface area contributed by atoms with Gasteiger partial charge < -0.3 is 10.8 Å². The lowest BCUT2D eigenvalue weighted by atomic mass is 9.99. The van der Waals surface area contributed by atoms with E-state index in [1.807, 2.05) is 6.07 Å². The molecule has 0 fully saturated rings. The molecule has 0 saturated heterocycles. The molecule has 1 aromatic carbocycles. The average Bonchev–Trinajstić information content (AvgIpc) is 2.29. The van der Waals surface area contributed by atoms with Gasteiger partial charge in [0.25, 0.3) is 0 Å². The number of rotatable bonds is 3. The summed E-state index contributed by atoms with van der Waals surface area (Å²) in [6, 6.07) is 4.92. The molecule has 0 aliphatic carbocycles. The van der Waals surface area contributed by atoms with E-state index < -0.39 is 6.10 Å². The van der Waals surface area contributed by atoms with Crippen molar-refractivity contribution in [3.63, 3.8) is 0 Å². The van der Waals surface area contributed by atoms with E-state index in [0.29, 0.717) is 6.54 Å². The molecule has 3 nitrogen and oxygen atoms in total. The molecule has 0 amide bonds.